The van der Waals surface area contributed by atoms with Gasteiger partial charge in [0.1, 0.15) is 5.82 Å². The van der Waals surface area contributed by atoms with Crippen LogP contribution in [0.3, 0.4) is 0 Å². The van der Waals surface area contributed by atoms with E-state index in [0.29, 0.717) is 5.56 Å². The van der Waals surface area contributed by atoms with Gasteiger partial charge in [-0.3, -0.25) is 9.78 Å². The van der Waals surface area contributed by atoms with E-state index in [9.17, 15) is 14.3 Å². The number of hydrogen-bond acceptors (Lipinski definition) is 3. The van der Waals surface area contributed by atoms with Gasteiger partial charge in [-0.05, 0) is 43.5 Å². The second kappa shape index (κ2) is 6.69. The fourth-order valence-corrected chi connectivity index (χ4v) is 3.43. The van der Waals surface area contributed by atoms with Crippen LogP contribution in [0.1, 0.15) is 48.7 Å². The first-order chi connectivity index (χ1) is 11.8. The van der Waals surface area contributed by atoms with Crippen LogP contribution in [-0.2, 0) is 10.5 Å². The Morgan fingerprint density at radius 2 is 2.24 bits per heavy atom. The average molecular weight is 367 g/mol. The highest BCUT2D eigenvalue weighted by atomic mass is 35.5. The second-order valence-electron chi connectivity index (χ2n) is 6.15. The monoisotopic (exact) mass is 366 g/mol. The molecule has 1 heterocycles. The van der Waals surface area contributed by atoms with Gasteiger partial charge >= 0.3 is 0 Å². The summed E-state index contributed by atoms with van der Waals surface area (Å²) in [6.07, 6.45) is 0.506. The molecule has 1 aromatic carbocycles. The van der Waals surface area contributed by atoms with Crippen molar-refractivity contribution in [3.8, 4) is 0 Å². The van der Waals surface area contributed by atoms with E-state index < -0.39 is 29.5 Å². The zero-order valence-electron chi connectivity index (χ0n) is 13.5. The number of aliphatic hydroxyl groups excluding tert-OH is 1. The number of amides is 1. The van der Waals surface area contributed by atoms with E-state index in [1.807, 2.05) is 0 Å². The zero-order chi connectivity index (χ0) is 18.2. The number of alkyl halides is 1. The molecule has 0 unspecified atom stereocenters. The molecule has 1 amide bonds. The minimum atomic E-state index is -2.29. The van der Waals surface area contributed by atoms with Crippen LogP contribution in [0.25, 0.3) is 0 Å². The van der Waals surface area contributed by atoms with Gasteiger partial charge in [-0.2, -0.15) is 0 Å². The van der Waals surface area contributed by atoms with E-state index in [0.717, 1.165) is 6.07 Å². The lowest BCUT2D eigenvalue weighted by atomic mass is 9.80. The Bertz CT molecular complexity index is 817. The standard InChI is InChI=1S/C18H17ClF2N2O2/c1-10(12-5-4-11(20)9-14(12)19)23-17(25)18(21)7-6-15(24)16-13(18)3-2-8-22-16/h2-5,8-10,15,24H,6-7H2,1H3,(H,23,25)/t10-,15-,18-/m0/s1. The molecule has 25 heavy (non-hydrogen) atoms. The molecular weight excluding hydrogens is 350 g/mol. The Kier molecular flexibility index (Phi) is 4.75. The molecule has 4 nitrogen and oxygen atoms in total. The highest BCUT2D eigenvalue weighted by Gasteiger charge is 2.47. The maximum atomic E-state index is 15.5. The molecule has 0 saturated heterocycles. The van der Waals surface area contributed by atoms with Gasteiger partial charge in [-0.25, -0.2) is 8.78 Å². The Morgan fingerprint density at radius 3 is 2.96 bits per heavy atom. The minimum absolute atomic E-state index is 0.0728. The number of rotatable bonds is 3. The number of benzene rings is 1. The highest BCUT2D eigenvalue weighted by molar-refractivity contribution is 6.31. The molecule has 0 bridgehead atoms. The van der Waals surface area contributed by atoms with Crippen LogP contribution in [0.15, 0.2) is 36.5 Å². The Morgan fingerprint density at radius 1 is 1.48 bits per heavy atom. The van der Waals surface area contributed by atoms with Crippen LogP contribution >= 0.6 is 11.6 Å². The van der Waals surface area contributed by atoms with Crippen molar-refractivity contribution in [2.75, 3.05) is 0 Å². The molecule has 132 valence electrons. The smallest absolute Gasteiger partial charge is 0.262 e. The lowest BCUT2D eigenvalue weighted by molar-refractivity contribution is -0.136. The largest absolute Gasteiger partial charge is 0.387 e. The van der Waals surface area contributed by atoms with E-state index in [1.54, 1.807) is 6.92 Å². The highest BCUT2D eigenvalue weighted by Crippen LogP contribution is 2.42. The lowest BCUT2D eigenvalue weighted by Crippen LogP contribution is -2.45. The molecule has 0 aliphatic heterocycles. The third-order valence-electron chi connectivity index (χ3n) is 4.48. The topological polar surface area (TPSA) is 62.2 Å². The van der Waals surface area contributed by atoms with Gasteiger partial charge in [-0.15, -0.1) is 0 Å². The maximum Gasteiger partial charge on any atom is 0.262 e. The van der Waals surface area contributed by atoms with Gasteiger partial charge in [0.25, 0.3) is 5.91 Å². The number of aliphatic hydroxyl groups is 1. The van der Waals surface area contributed by atoms with Gasteiger partial charge in [0.15, 0.2) is 0 Å². The first-order valence-corrected chi connectivity index (χ1v) is 8.29. The summed E-state index contributed by atoms with van der Waals surface area (Å²) in [6, 6.07) is 6.19. The van der Waals surface area contributed by atoms with Crippen molar-refractivity contribution in [1.29, 1.82) is 0 Å². The molecule has 1 aliphatic carbocycles. The number of nitrogens with zero attached hydrogens (tertiary/aromatic N) is 1. The van der Waals surface area contributed by atoms with Gasteiger partial charge in [-0.1, -0.05) is 23.7 Å². The van der Waals surface area contributed by atoms with Crippen LogP contribution in [0.4, 0.5) is 8.78 Å². The summed E-state index contributed by atoms with van der Waals surface area (Å²) < 4.78 is 28.7. The van der Waals surface area contributed by atoms with E-state index in [1.165, 1.54) is 30.5 Å². The van der Waals surface area contributed by atoms with Gasteiger partial charge in [0.2, 0.25) is 5.67 Å². The first-order valence-electron chi connectivity index (χ1n) is 7.91. The summed E-state index contributed by atoms with van der Waals surface area (Å²) in [5, 5.41) is 12.7. The van der Waals surface area contributed by atoms with Crippen LogP contribution in [0, 0.1) is 5.82 Å². The van der Waals surface area contributed by atoms with E-state index in [2.05, 4.69) is 10.3 Å². The summed E-state index contributed by atoms with van der Waals surface area (Å²) in [4.78, 5) is 16.6. The quantitative estimate of drug-likeness (QED) is 0.869. The first kappa shape index (κ1) is 17.8. The SMILES string of the molecule is C[C@H](NC(=O)[C@]1(F)CC[C@H](O)c2ncccc21)c1ccc(F)cc1Cl. The fraction of sp³-hybridized carbons (Fsp3) is 0.333. The molecular formula is C18H17ClF2N2O2. The summed E-state index contributed by atoms with van der Waals surface area (Å²) in [7, 11) is 0. The van der Waals surface area contributed by atoms with Gasteiger partial charge < -0.3 is 10.4 Å². The lowest BCUT2D eigenvalue weighted by Gasteiger charge is -2.33. The molecule has 2 N–H and O–H groups in total. The van der Waals surface area contributed by atoms with Crippen molar-refractivity contribution in [1.82, 2.24) is 10.3 Å². The molecule has 1 aromatic heterocycles. The Hall–Kier alpha value is -2.05. The van der Waals surface area contributed by atoms with Crippen molar-refractivity contribution >= 4 is 17.5 Å². The number of carbonyl (C=O) groups is 1. The summed E-state index contributed by atoms with van der Waals surface area (Å²) in [5.74, 6) is -1.32. The Balaban J connectivity index is 1.87. The van der Waals surface area contributed by atoms with Crippen LogP contribution < -0.4 is 5.32 Å². The van der Waals surface area contributed by atoms with Gasteiger partial charge in [0, 0.05) is 16.8 Å². The molecule has 0 spiro atoms. The predicted octanol–water partition coefficient (Wildman–Crippen LogP) is 3.74. The van der Waals surface area contributed by atoms with Crippen molar-refractivity contribution in [3.63, 3.8) is 0 Å². The van der Waals surface area contributed by atoms with E-state index >= 15 is 4.39 Å². The van der Waals surface area contributed by atoms with Gasteiger partial charge in [0.05, 0.1) is 17.8 Å². The normalized spacial score (nSPS) is 23.6. The van der Waals surface area contributed by atoms with Crippen molar-refractivity contribution < 1.29 is 18.7 Å². The van der Waals surface area contributed by atoms with E-state index in [4.69, 9.17) is 11.6 Å². The Labute approximate surface area is 148 Å². The number of aromatic nitrogens is 1. The fourth-order valence-electron chi connectivity index (χ4n) is 3.10. The molecule has 2 aromatic rings. The number of hydrogen-bond donors (Lipinski definition) is 2. The van der Waals surface area contributed by atoms with Crippen LogP contribution in [0.2, 0.25) is 5.02 Å². The molecule has 0 saturated carbocycles. The number of nitrogens with one attached hydrogen (secondary N) is 1. The molecule has 1 aliphatic rings. The molecule has 0 fully saturated rings. The molecule has 7 heteroatoms. The van der Waals surface area contributed by atoms with Crippen LogP contribution in [0.5, 0.6) is 0 Å². The average Bonchev–Trinajstić information content (AvgIpc) is 2.58. The number of carbonyl (C=O) groups excluding carboxylic acids is 1. The van der Waals surface area contributed by atoms with Crippen molar-refractivity contribution in [2.45, 2.75) is 37.6 Å². The predicted molar refractivity (Wildman–Crippen MR) is 89.2 cm³/mol. The number of halogens is 3. The maximum absolute atomic E-state index is 15.5. The van der Waals surface area contributed by atoms with Crippen molar-refractivity contribution in [3.05, 3.63) is 64.2 Å². The number of pyridine rings is 1. The summed E-state index contributed by atoms with van der Waals surface area (Å²) >= 11 is 6.00. The minimum Gasteiger partial charge on any atom is -0.387 e. The third kappa shape index (κ3) is 3.24. The third-order valence-corrected chi connectivity index (χ3v) is 4.81. The summed E-state index contributed by atoms with van der Waals surface area (Å²) in [6.45, 7) is 1.64. The van der Waals surface area contributed by atoms with Crippen molar-refractivity contribution in [2.24, 2.45) is 0 Å². The zero-order valence-corrected chi connectivity index (χ0v) is 14.2. The number of fused-ring (bicyclic) bond motifs is 1. The van der Waals surface area contributed by atoms with Crippen LogP contribution in [-0.4, -0.2) is 16.0 Å². The molecule has 3 rings (SSSR count). The van der Waals surface area contributed by atoms with E-state index in [-0.39, 0.29) is 29.1 Å². The molecule has 3 atom stereocenters. The second-order valence-corrected chi connectivity index (χ2v) is 6.56. The summed E-state index contributed by atoms with van der Waals surface area (Å²) in [5.41, 5.74) is -1.55. The molecule has 0 radical (unpaired) electrons.